The number of halogens is 1. The summed E-state index contributed by atoms with van der Waals surface area (Å²) in [5.74, 6) is 6.37. The van der Waals surface area contributed by atoms with Gasteiger partial charge in [-0.3, -0.25) is 9.48 Å². The lowest BCUT2D eigenvalue weighted by Gasteiger charge is -2.35. The molecule has 0 N–H and O–H groups in total. The molecule has 0 unspecified atom stereocenters. The van der Waals surface area contributed by atoms with Crippen molar-refractivity contribution >= 4 is 26.8 Å². The summed E-state index contributed by atoms with van der Waals surface area (Å²) >= 11 is 0. The molecule has 3 aromatic heterocycles. The standard InChI is InChI=1S/C25H20FN5O4S/c1-15(32)30-9-16(10-30)2-7-20-8-21-24(27-14-28-25(21)35-20)22-11-31(19-12-36(33,34)13-19)29-23(22)17-3-5-18(26)6-4-17/h3-6,8,11,14,16,19H,9-10,12-13H2,1H3. The van der Waals surface area contributed by atoms with Crippen LogP contribution in [0, 0.1) is 23.6 Å². The zero-order chi connectivity index (χ0) is 25.0. The fourth-order valence-electron chi connectivity index (χ4n) is 4.40. The van der Waals surface area contributed by atoms with Crippen LogP contribution in [0.5, 0.6) is 0 Å². The Morgan fingerprint density at radius 3 is 2.58 bits per heavy atom. The van der Waals surface area contributed by atoms with Gasteiger partial charge in [-0.15, -0.1) is 0 Å². The third-order valence-corrected chi connectivity index (χ3v) is 8.21. The van der Waals surface area contributed by atoms with E-state index in [1.165, 1.54) is 25.4 Å². The SMILES string of the molecule is CC(=O)N1CC(C#Cc2cc3c(-c4cn(C5CS(=O)(=O)C5)nc4-c4ccc(F)cc4)ncnc3o2)C1. The first-order chi connectivity index (χ1) is 17.3. The highest BCUT2D eigenvalue weighted by Gasteiger charge is 2.36. The third kappa shape index (κ3) is 4.03. The van der Waals surface area contributed by atoms with Crippen LogP contribution in [0.4, 0.5) is 4.39 Å². The Balaban J connectivity index is 1.39. The number of likely N-dealkylation sites (tertiary alicyclic amines) is 1. The average molecular weight is 506 g/mol. The first kappa shape index (κ1) is 22.4. The molecule has 2 fully saturated rings. The lowest BCUT2D eigenvalue weighted by Crippen LogP contribution is -2.48. The largest absolute Gasteiger partial charge is 0.429 e. The number of aromatic nitrogens is 4. The lowest BCUT2D eigenvalue weighted by atomic mass is 10.0. The van der Waals surface area contributed by atoms with Crippen LogP contribution in [0.25, 0.3) is 33.6 Å². The number of sulfone groups is 1. The fourth-order valence-corrected chi connectivity index (χ4v) is 5.78. The van der Waals surface area contributed by atoms with Gasteiger partial charge in [-0.1, -0.05) is 5.92 Å². The lowest BCUT2D eigenvalue weighted by molar-refractivity contribution is -0.133. The van der Waals surface area contributed by atoms with Gasteiger partial charge in [0.25, 0.3) is 0 Å². The van der Waals surface area contributed by atoms with Crippen molar-refractivity contribution in [3.05, 3.63) is 54.4 Å². The minimum Gasteiger partial charge on any atom is -0.429 e. The van der Waals surface area contributed by atoms with E-state index < -0.39 is 9.84 Å². The summed E-state index contributed by atoms with van der Waals surface area (Å²) in [5.41, 5.74) is 2.77. The van der Waals surface area contributed by atoms with Gasteiger partial charge >= 0.3 is 0 Å². The minimum atomic E-state index is -3.06. The molecular weight excluding hydrogens is 485 g/mol. The highest BCUT2D eigenvalue weighted by atomic mass is 32.2. The van der Waals surface area contributed by atoms with E-state index in [0.717, 1.165) is 0 Å². The van der Waals surface area contributed by atoms with Gasteiger partial charge in [0.1, 0.15) is 17.8 Å². The number of hydrogen-bond donors (Lipinski definition) is 0. The Labute approximate surface area is 205 Å². The second kappa shape index (κ2) is 8.27. The molecule has 0 spiro atoms. The van der Waals surface area contributed by atoms with Crippen LogP contribution < -0.4 is 0 Å². The summed E-state index contributed by atoms with van der Waals surface area (Å²) in [6, 6.07) is 7.43. The Bertz CT molecular complexity index is 1660. The van der Waals surface area contributed by atoms with E-state index in [9.17, 15) is 17.6 Å². The summed E-state index contributed by atoms with van der Waals surface area (Å²) < 4.78 is 44.6. The van der Waals surface area contributed by atoms with Crippen molar-refractivity contribution in [2.45, 2.75) is 13.0 Å². The van der Waals surface area contributed by atoms with Crippen molar-refractivity contribution in [3.8, 4) is 34.4 Å². The first-order valence-electron chi connectivity index (χ1n) is 11.3. The van der Waals surface area contributed by atoms with E-state index in [1.54, 1.807) is 34.0 Å². The smallest absolute Gasteiger partial charge is 0.231 e. The molecule has 0 bridgehead atoms. The van der Waals surface area contributed by atoms with Crippen LogP contribution in [-0.4, -0.2) is 63.6 Å². The number of fused-ring (bicyclic) bond motifs is 1. The van der Waals surface area contributed by atoms with Crippen molar-refractivity contribution < 1.29 is 22.0 Å². The number of carbonyl (C=O) groups excluding carboxylic acids is 1. The van der Waals surface area contributed by atoms with E-state index in [-0.39, 0.29) is 35.2 Å². The van der Waals surface area contributed by atoms with Crippen molar-refractivity contribution in [2.75, 3.05) is 24.6 Å². The van der Waals surface area contributed by atoms with Gasteiger partial charge in [0.05, 0.1) is 34.5 Å². The molecule has 2 aliphatic heterocycles. The molecule has 1 amide bonds. The van der Waals surface area contributed by atoms with E-state index in [2.05, 4.69) is 26.9 Å². The molecule has 0 saturated carbocycles. The predicted octanol–water partition coefficient (Wildman–Crippen LogP) is 2.69. The van der Waals surface area contributed by atoms with Gasteiger partial charge in [-0.05, 0) is 30.2 Å². The van der Waals surface area contributed by atoms with Gasteiger partial charge in [-0.2, -0.15) is 5.10 Å². The molecule has 4 aromatic rings. The Kier molecular flexibility index (Phi) is 5.15. The summed E-state index contributed by atoms with van der Waals surface area (Å²) in [6.07, 6.45) is 3.15. The fraction of sp³-hybridized carbons (Fsp3) is 0.280. The number of amides is 1. The molecule has 2 aliphatic rings. The van der Waals surface area contributed by atoms with E-state index in [1.807, 2.05) is 0 Å². The van der Waals surface area contributed by atoms with Crippen molar-refractivity contribution in [1.82, 2.24) is 24.6 Å². The first-order valence-corrected chi connectivity index (χ1v) is 13.2. The van der Waals surface area contributed by atoms with Crippen LogP contribution in [0.1, 0.15) is 18.7 Å². The summed E-state index contributed by atoms with van der Waals surface area (Å²) in [5, 5.41) is 5.30. The molecule has 11 heteroatoms. The van der Waals surface area contributed by atoms with Crippen LogP contribution in [0.3, 0.4) is 0 Å². The van der Waals surface area contributed by atoms with Gasteiger partial charge < -0.3 is 9.32 Å². The second-order valence-electron chi connectivity index (χ2n) is 9.05. The van der Waals surface area contributed by atoms with Gasteiger partial charge in [0, 0.05) is 43.4 Å². The molecule has 36 heavy (non-hydrogen) atoms. The molecule has 2 saturated heterocycles. The molecule has 0 aliphatic carbocycles. The molecule has 0 atom stereocenters. The van der Waals surface area contributed by atoms with Gasteiger partial charge in [0.2, 0.25) is 11.6 Å². The number of furan rings is 1. The molecular formula is C25H20FN5O4S. The maximum Gasteiger partial charge on any atom is 0.231 e. The molecule has 9 nitrogen and oxygen atoms in total. The van der Waals surface area contributed by atoms with Crippen molar-refractivity contribution in [2.24, 2.45) is 5.92 Å². The highest BCUT2D eigenvalue weighted by molar-refractivity contribution is 7.92. The molecule has 0 radical (unpaired) electrons. The van der Waals surface area contributed by atoms with Crippen LogP contribution in [0.2, 0.25) is 0 Å². The maximum atomic E-state index is 13.6. The quantitative estimate of drug-likeness (QED) is 0.394. The molecule has 5 heterocycles. The average Bonchev–Trinajstić information content (AvgIpc) is 3.40. The number of nitrogens with zero attached hydrogens (tertiary/aromatic N) is 5. The zero-order valence-corrected chi connectivity index (χ0v) is 20.0. The molecule has 6 rings (SSSR count). The minimum absolute atomic E-state index is 0.0177. The van der Waals surface area contributed by atoms with Crippen molar-refractivity contribution in [3.63, 3.8) is 0 Å². The molecule has 1 aromatic carbocycles. The van der Waals surface area contributed by atoms with Crippen LogP contribution in [-0.2, 0) is 14.6 Å². The molecule has 182 valence electrons. The monoisotopic (exact) mass is 505 g/mol. The maximum absolute atomic E-state index is 13.6. The third-order valence-electron chi connectivity index (χ3n) is 6.43. The van der Waals surface area contributed by atoms with E-state index in [0.29, 0.717) is 52.5 Å². The predicted molar refractivity (Wildman–Crippen MR) is 129 cm³/mol. The number of rotatable bonds is 3. The topological polar surface area (TPSA) is 111 Å². The summed E-state index contributed by atoms with van der Waals surface area (Å²) in [7, 11) is -3.06. The summed E-state index contributed by atoms with van der Waals surface area (Å²) in [6.45, 7) is 2.74. The number of hydrogen-bond acceptors (Lipinski definition) is 7. The van der Waals surface area contributed by atoms with Crippen LogP contribution in [0.15, 0.2) is 47.3 Å². The number of carbonyl (C=O) groups is 1. The van der Waals surface area contributed by atoms with Crippen LogP contribution >= 0.6 is 0 Å². The Morgan fingerprint density at radius 1 is 1.14 bits per heavy atom. The Hall–Kier alpha value is -4.04. The van der Waals surface area contributed by atoms with Gasteiger partial charge in [0.15, 0.2) is 15.6 Å². The second-order valence-corrected chi connectivity index (χ2v) is 11.2. The van der Waals surface area contributed by atoms with Gasteiger partial charge in [-0.25, -0.2) is 22.8 Å². The Morgan fingerprint density at radius 2 is 1.89 bits per heavy atom. The van der Waals surface area contributed by atoms with Crippen molar-refractivity contribution in [1.29, 1.82) is 0 Å². The normalized spacial score (nSPS) is 17.3. The summed E-state index contributed by atoms with van der Waals surface area (Å²) in [4.78, 5) is 21.8. The zero-order valence-electron chi connectivity index (χ0n) is 19.2. The number of benzene rings is 1. The van der Waals surface area contributed by atoms with E-state index >= 15 is 0 Å². The highest BCUT2D eigenvalue weighted by Crippen LogP contribution is 2.36. The van der Waals surface area contributed by atoms with E-state index in [4.69, 9.17) is 4.42 Å².